The van der Waals surface area contributed by atoms with Crippen LogP contribution in [0.2, 0.25) is 0 Å². The van der Waals surface area contributed by atoms with E-state index >= 15 is 0 Å². The number of aliphatic hydroxyl groups excluding tert-OH is 2. The number of pyridine rings is 2. The van der Waals surface area contributed by atoms with Crippen molar-refractivity contribution in [1.82, 2.24) is 9.97 Å². The van der Waals surface area contributed by atoms with E-state index in [-0.39, 0.29) is 37.7 Å². The topological polar surface area (TPSA) is 94.4 Å². The molecule has 2 heterocycles. The number of aromatic nitrogens is 2. The number of rotatable bonds is 6. The Bertz CT molecular complexity index is 551. The van der Waals surface area contributed by atoms with Crippen molar-refractivity contribution in [3.05, 3.63) is 84.0 Å². The quantitative estimate of drug-likeness (QED) is 0.497. The summed E-state index contributed by atoms with van der Waals surface area (Å²) in [6.07, 6.45) is 3.22. The molecule has 0 amide bonds. The molecule has 0 aliphatic rings. The van der Waals surface area contributed by atoms with Crippen LogP contribution in [0.25, 0.3) is 22.2 Å². The summed E-state index contributed by atoms with van der Waals surface area (Å²) in [6.45, 7) is 18.7. The second-order valence-corrected chi connectivity index (χ2v) is 5.04. The third-order valence-electron chi connectivity index (χ3n) is 2.82. The van der Waals surface area contributed by atoms with E-state index in [0.29, 0.717) is 11.4 Å². The van der Waals surface area contributed by atoms with Gasteiger partial charge in [0.1, 0.15) is 22.9 Å². The maximum Gasteiger partial charge on any atom is 2.00 e. The molecule has 0 unspecified atom stereocenters. The fourth-order valence-corrected chi connectivity index (χ4v) is 1.51. The molecule has 29 heavy (non-hydrogen) atoms. The van der Waals surface area contributed by atoms with Crippen LogP contribution in [0.4, 0.5) is 0 Å². The number of aliphatic hydroxyl groups is 2. The van der Waals surface area contributed by atoms with Crippen LogP contribution in [0.1, 0.15) is 39.1 Å². The first-order valence-electron chi connectivity index (χ1n) is 9.29. The van der Waals surface area contributed by atoms with Gasteiger partial charge >= 0.3 is 26.2 Å². The van der Waals surface area contributed by atoms with Crippen LogP contribution in [0.5, 0.6) is 0 Å². The standard InChI is InChI=1S/2C7H7NO.2C4H10N.Zr/c2*1-6(9)7-4-2-3-5-8-7;2*1-3-5-4-2;/h2*2-5,9H,1H2;2*3-4H2,1-2H3;/q;;2*-1;+2. The van der Waals surface area contributed by atoms with Crippen LogP contribution in [-0.2, 0) is 26.2 Å². The normalized spacial score (nSPS) is 8.41. The first-order chi connectivity index (χ1) is 13.4. The molecule has 0 radical (unpaired) electrons. The minimum Gasteiger partial charge on any atom is -0.663 e. The molecule has 6 nitrogen and oxygen atoms in total. The van der Waals surface area contributed by atoms with E-state index in [1.54, 1.807) is 48.8 Å². The zero-order chi connectivity index (χ0) is 21.6. The molecule has 0 spiro atoms. The molecule has 0 saturated heterocycles. The van der Waals surface area contributed by atoms with E-state index in [1.807, 2.05) is 27.7 Å². The van der Waals surface area contributed by atoms with Gasteiger partial charge in [-0.1, -0.05) is 53.0 Å². The Kier molecular flexibility index (Phi) is 26.6. The van der Waals surface area contributed by atoms with Crippen LogP contribution in [-0.4, -0.2) is 46.4 Å². The van der Waals surface area contributed by atoms with Crippen molar-refractivity contribution in [1.29, 1.82) is 0 Å². The molecule has 2 N–H and O–H groups in total. The largest absolute Gasteiger partial charge is 2.00 e. The second-order valence-electron chi connectivity index (χ2n) is 5.04. The van der Waals surface area contributed by atoms with Crippen molar-refractivity contribution in [3.63, 3.8) is 0 Å². The van der Waals surface area contributed by atoms with Gasteiger partial charge in [0, 0.05) is 12.4 Å². The van der Waals surface area contributed by atoms with E-state index < -0.39 is 0 Å². The Balaban J connectivity index is -0.000000321. The van der Waals surface area contributed by atoms with Gasteiger partial charge in [-0.2, -0.15) is 26.2 Å². The average molecular weight is 478 g/mol. The van der Waals surface area contributed by atoms with Gasteiger partial charge in [-0.15, -0.1) is 0 Å². The van der Waals surface area contributed by atoms with Crippen molar-refractivity contribution in [3.8, 4) is 0 Å². The van der Waals surface area contributed by atoms with Crippen molar-refractivity contribution < 1.29 is 36.4 Å². The van der Waals surface area contributed by atoms with Gasteiger partial charge in [0.2, 0.25) is 0 Å². The SMILES string of the molecule is C=C(O)c1ccccn1.C=C(O)c1ccccn1.CC[N-]CC.CC[N-]CC.[Zr+2]. The van der Waals surface area contributed by atoms with Gasteiger partial charge in [0.25, 0.3) is 0 Å². The van der Waals surface area contributed by atoms with Gasteiger partial charge in [-0.05, 0) is 24.3 Å². The molecule has 0 aromatic carbocycles. The van der Waals surface area contributed by atoms with Gasteiger partial charge in [-0.3, -0.25) is 9.97 Å². The predicted molar refractivity (Wildman–Crippen MR) is 121 cm³/mol. The van der Waals surface area contributed by atoms with E-state index in [4.69, 9.17) is 10.2 Å². The Morgan fingerprint density at radius 3 is 1.14 bits per heavy atom. The molecule has 0 bridgehead atoms. The van der Waals surface area contributed by atoms with E-state index in [2.05, 4.69) is 33.8 Å². The first kappa shape index (κ1) is 31.9. The molecule has 0 aliphatic heterocycles. The molecule has 158 valence electrons. The number of hydrogen-bond donors (Lipinski definition) is 2. The third kappa shape index (κ3) is 22.3. The molecule has 0 aliphatic carbocycles. The van der Waals surface area contributed by atoms with Crippen LogP contribution in [0, 0.1) is 0 Å². The first-order valence-corrected chi connectivity index (χ1v) is 9.29. The number of hydrogen-bond acceptors (Lipinski definition) is 4. The summed E-state index contributed by atoms with van der Waals surface area (Å²) < 4.78 is 0. The molecule has 7 heteroatoms. The Morgan fingerprint density at radius 1 is 0.724 bits per heavy atom. The van der Waals surface area contributed by atoms with Crippen LogP contribution >= 0.6 is 0 Å². The fourth-order valence-electron chi connectivity index (χ4n) is 1.51. The Morgan fingerprint density at radius 2 is 1.03 bits per heavy atom. The monoisotopic (exact) mass is 476 g/mol. The molecule has 0 fully saturated rings. The van der Waals surface area contributed by atoms with Crippen molar-refractivity contribution in [2.45, 2.75) is 27.7 Å². The minimum absolute atomic E-state index is 0. The molecule has 0 saturated carbocycles. The summed E-state index contributed by atoms with van der Waals surface area (Å²) in [5.41, 5.74) is 1.05. The van der Waals surface area contributed by atoms with Crippen molar-refractivity contribution in [2.75, 3.05) is 26.2 Å². The van der Waals surface area contributed by atoms with Gasteiger partial charge in [0.15, 0.2) is 0 Å². The summed E-state index contributed by atoms with van der Waals surface area (Å²) in [5, 5.41) is 25.5. The molecule has 2 aromatic rings. The summed E-state index contributed by atoms with van der Waals surface area (Å²) in [7, 11) is 0. The van der Waals surface area contributed by atoms with Gasteiger partial charge in [0.05, 0.1) is 0 Å². The fraction of sp³-hybridized carbons (Fsp3) is 0.364. The summed E-state index contributed by atoms with van der Waals surface area (Å²) >= 11 is 0. The molecule has 2 rings (SSSR count). The van der Waals surface area contributed by atoms with E-state index in [9.17, 15) is 0 Å². The van der Waals surface area contributed by atoms with Gasteiger partial charge < -0.3 is 20.8 Å². The van der Waals surface area contributed by atoms with Crippen LogP contribution < -0.4 is 0 Å². The molecular formula is C22H34N4O2Zr. The summed E-state index contributed by atoms with van der Waals surface area (Å²) in [6, 6.07) is 10.6. The van der Waals surface area contributed by atoms with E-state index in [0.717, 1.165) is 26.2 Å². The maximum absolute atomic E-state index is 8.77. The zero-order valence-electron chi connectivity index (χ0n) is 18.0. The average Bonchev–Trinajstić information content (AvgIpc) is 2.72. The summed E-state index contributed by atoms with van der Waals surface area (Å²) in [5.74, 6) is 0.0196. The maximum atomic E-state index is 8.77. The van der Waals surface area contributed by atoms with Crippen molar-refractivity contribution >= 4 is 11.5 Å². The molecular weight excluding hydrogens is 443 g/mol. The molecule has 2 aromatic heterocycles. The summed E-state index contributed by atoms with van der Waals surface area (Å²) in [4.78, 5) is 7.66. The minimum atomic E-state index is 0. The van der Waals surface area contributed by atoms with Crippen LogP contribution in [0.15, 0.2) is 61.9 Å². The third-order valence-corrected chi connectivity index (χ3v) is 2.82. The number of nitrogens with zero attached hydrogens (tertiary/aromatic N) is 4. The van der Waals surface area contributed by atoms with Crippen LogP contribution in [0.3, 0.4) is 0 Å². The Hall–Kier alpha value is -1.82. The Labute approximate surface area is 195 Å². The second kappa shape index (κ2) is 24.2. The molecule has 0 atom stereocenters. The smallest absolute Gasteiger partial charge is 0.663 e. The van der Waals surface area contributed by atoms with E-state index in [1.165, 1.54) is 0 Å². The predicted octanol–water partition coefficient (Wildman–Crippen LogP) is 6.02. The van der Waals surface area contributed by atoms with Crippen molar-refractivity contribution in [2.24, 2.45) is 0 Å². The van der Waals surface area contributed by atoms with Gasteiger partial charge in [-0.25, -0.2) is 0 Å². The zero-order valence-corrected chi connectivity index (χ0v) is 20.5.